The number of rotatable bonds is 7. The van der Waals surface area contributed by atoms with Gasteiger partial charge in [-0.15, -0.1) is 0 Å². The molecule has 0 unspecified atom stereocenters. The van der Waals surface area contributed by atoms with Crippen molar-refractivity contribution in [2.45, 2.75) is 45.6 Å². The predicted molar refractivity (Wildman–Crippen MR) is 85.4 cm³/mol. The van der Waals surface area contributed by atoms with Gasteiger partial charge in [-0.3, -0.25) is 0 Å². The molecule has 1 saturated carbocycles. The maximum Gasteiger partial charge on any atom is 0.338 e. The van der Waals surface area contributed by atoms with E-state index in [4.69, 9.17) is 4.74 Å². The van der Waals surface area contributed by atoms with Crippen molar-refractivity contribution in [2.75, 3.05) is 20.7 Å². The molecular formula is C18H27NO2. The summed E-state index contributed by atoms with van der Waals surface area (Å²) in [7, 11) is 4.25. The van der Waals surface area contributed by atoms with E-state index in [9.17, 15) is 4.79 Å². The minimum absolute atomic E-state index is 0.240. The van der Waals surface area contributed by atoms with E-state index in [1.54, 1.807) is 0 Å². The molecule has 0 radical (unpaired) electrons. The molecule has 1 aromatic carbocycles. The van der Waals surface area contributed by atoms with E-state index in [-0.39, 0.29) is 5.97 Å². The Morgan fingerprint density at radius 2 is 1.90 bits per heavy atom. The third-order valence-electron chi connectivity index (χ3n) is 4.55. The van der Waals surface area contributed by atoms with E-state index < -0.39 is 0 Å². The molecule has 0 aromatic heterocycles. The van der Waals surface area contributed by atoms with E-state index in [0.29, 0.717) is 23.6 Å². The molecule has 0 bridgehead atoms. The Balaban J connectivity index is 2.04. The molecule has 1 aliphatic carbocycles. The molecule has 1 fully saturated rings. The van der Waals surface area contributed by atoms with Crippen LogP contribution in [0.25, 0.3) is 0 Å². The van der Waals surface area contributed by atoms with Crippen LogP contribution in [0.1, 0.15) is 61.5 Å². The van der Waals surface area contributed by atoms with Crippen LogP contribution in [0.3, 0.4) is 0 Å². The van der Waals surface area contributed by atoms with Crippen molar-refractivity contribution in [2.24, 2.45) is 5.41 Å². The van der Waals surface area contributed by atoms with Crippen LogP contribution in [0.2, 0.25) is 0 Å². The highest BCUT2D eigenvalue weighted by Gasteiger charge is 2.37. The molecule has 2 rings (SSSR count). The molecule has 0 amide bonds. The molecule has 0 aliphatic heterocycles. The zero-order chi connectivity index (χ0) is 15.5. The summed E-state index contributed by atoms with van der Waals surface area (Å²) in [6, 6.07) is 8.29. The fourth-order valence-electron chi connectivity index (χ4n) is 2.73. The van der Waals surface area contributed by atoms with E-state index >= 15 is 0 Å². The SMILES string of the molecule is CCOC(=O)c1ccc([C@@H](CCC2(C)CC2)N(C)C)cc1. The molecule has 3 nitrogen and oxygen atoms in total. The smallest absolute Gasteiger partial charge is 0.338 e. The van der Waals surface area contributed by atoms with E-state index in [0.717, 1.165) is 0 Å². The van der Waals surface area contributed by atoms with Gasteiger partial charge >= 0.3 is 5.97 Å². The van der Waals surface area contributed by atoms with Crippen molar-refractivity contribution in [3.8, 4) is 0 Å². The molecular weight excluding hydrogens is 262 g/mol. The summed E-state index contributed by atoms with van der Waals surface area (Å²) in [5.74, 6) is -0.240. The first-order valence-electron chi connectivity index (χ1n) is 7.89. The largest absolute Gasteiger partial charge is 0.462 e. The quantitative estimate of drug-likeness (QED) is 0.709. The Morgan fingerprint density at radius 1 is 1.29 bits per heavy atom. The van der Waals surface area contributed by atoms with Crippen molar-refractivity contribution in [3.63, 3.8) is 0 Å². The predicted octanol–water partition coefficient (Wildman–Crippen LogP) is 4.05. The maximum atomic E-state index is 11.7. The average molecular weight is 289 g/mol. The summed E-state index contributed by atoms with van der Waals surface area (Å²) >= 11 is 0. The normalized spacial score (nSPS) is 17.6. The van der Waals surface area contributed by atoms with Crippen LogP contribution >= 0.6 is 0 Å². The van der Waals surface area contributed by atoms with Crippen molar-refractivity contribution in [1.29, 1.82) is 0 Å². The molecule has 1 aromatic rings. The lowest BCUT2D eigenvalue weighted by molar-refractivity contribution is 0.0526. The first kappa shape index (κ1) is 16.0. The van der Waals surface area contributed by atoms with Gasteiger partial charge in [-0.25, -0.2) is 4.79 Å². The Morgan fingerprint density at radius 3 is 2.38 bits per heavy atom. The van der Waals surface area contributed by atoms with E-state index in [1.165, 1.54) is 31.2 Å². The van der Waals surface area contributed by atoms with Crippen LogP contribution in [0.4, 0.5) is 0 Å². The second-order valence-electron chi connectivity index (χ2n) is 6.67. The Labute approximate surface area is 128 Å². The van der Waals surface area contributed by atoms with Gasteiger partial charge < -0.3 is 9.64 Å². The first-order valence-corrected chi connectivity index (χ1v) is 7.89. The lowest BCUT2D eigenvalue weighted by Gasteiger charge is -2.26. The third kappa shape index (κ3) is 4.31. The summed E-state index contributed by atoms with van der Waals surface area (Å²) < 4.78 is 5.03. The first-order chi connectivity index (χ1) is 9.95. The molecule has 116 valence electrons. The number of hydrogen-bond acceptors (Lipinski definition) is 3. The standard InChI is InChI=1S/C18H27NO2/c1-5-21-17(20)15-8-6-14(7-9-15)16(19(3)4)10-11-18(2)12-13-18/h6-9,16H,5,10-13H2,1-4H3/t16-/m1/s1. The number of hydrogen-bond donors (Lipinski definition) is 0. The zero-order valence-corrected chi connectivity index (χ0v) is 13.7. The topological polar surface area (TPSA) is 29.5 Å². The number of ether oxygens (including phenoxy) is 1. The molecule has 0 N–H and O–H groups in total. The van der Waals surface area contributed by atoms with E-state index in [1.807, 2.05) is 19.1 Å². The van der Waals surface area contributed by atoms with Gasteiger partial charge in [0.1, 0.15) is 0 Å². The van der Waals surface area contributed by atoms with Crippen molar-refractivity contribution >= 4 is 5.97 Å². The lowest BCUT2D eigenvalue weighted by Crippen LogP contribution is -2.21. The maximum absolute atomic E-state index is 11.7. The Bertz CT molecular complexity index is 474. The zero-order valence-electron chi connectivity index (χ0n) is 13.7. The minimum Gasteiger partial charge on any atom is -0.462 e. The summed E-state index contributed by atoms with van der Waals surface area (Å²) in [6.45, 7) is 4.62. The fourth-order valence-corrected chi connectivity index (χ4v) is 2.73. The van der Waals surface area contributed by atoms with Crippen LogP contribution in [0, 0.1) is 5.41 Å². The van der Waals surface area contributed by atoms with Crippen molar-refractivity contribution < 1.29 is 9.53 Å². The number of esters is 1. The van der Waals surface area contributed by atoms with Crippen molar-refractivity contribution in [1.82, 2.24) is 4.90 Å². The second-order valence-corrected chi connectivity index (χ2v) is 6.67. The molecule has 3 heteroatoms. The Hall–Kier alpha value is -1.35. The van der Waals surface area contributed by atoms with Gasteiger partial charge in [0.25, 0.3) is 0 Å². The third-order valence-corrected chi connectivity index (χ3v) is 4.55. The average Bonchev–Trinajstić information content (AvgIpc) is 3.17. The van der Waals surface area contributed by atoms with Gasteiger partial charge in [0.15, 0.2) is 0 Å². The van der Waals surface area contributed by atoms with Gasteiger partial charge in [-0.2, -0.15) is 0 Å². The Kier molecular flexibility index (Phi) is 5.04. The molecule has 0 saturated heterocycles. The minimum atomic E-state index is -0.240. The van der Waals surface area contributed by atoms with Crippen LogP contribution in [-0.4, -0.2) is 31.6 Å². The summed E-state index contributed by atoms with van der Waals surface area (Å²) in [5, 5.41) is 0. The highest BCUT2D eigenvalue weighted by molar-refractivity contribution is 5.89. The fraction of sp³-hybridized carbons (Fsp3) is 0.611. The van der Waals surface area contributed by atoms with Crippen LogP contribution in [0.5, 0.6) is 0 Å². The monoisotopic (exact) mass is 289 g/mol. The number of benzene rings is 1. The van der Waals surface area contributed by atoms with Gasteiger partial charge in [-0.1, -0.05) is 19.1 Å². The molecule has 0 spiro atoms. The number of carbonyl (C=O) groups excluding carboxylic acids is 1. The van der Waals surface area contributed by atoms with Crippen LogP contribution < -0.4 is 0 Å². The van der Waals surface area contributed by atoms with E-state index in [2.05, 4.69) is 38.1 Å². The summed E-state index contributed by atoms with van der Waals surface area (Å²) in [5.41, 5.74) is 2.49. The van der Waals surface area contributed by atoms with Gasteiger partial charge in [0, 0.05) is 6.04 Å². The van der Waals surface area contributed by atoms with Gasteiger partial charge in [0.05, 0.1) is 12.2 Å². The number of nitrogens with zero attached hydrogens (tertiary/aromatic N) is 1. The summed E-state index contributed by atoms with van der Waals surface area (Å²) in [6.07, 6.45) is 5.18. The number of carbonyl (C=O) groups is 1. The van der Waals surface area contributed by atoms with Crippen molar-refractivity contribution in [3.05, 3.63) is 35.4 Å². The van der Waals surface area contributed by atoms with Gasteiger partial charge in [0.2, 0.25) is 0 Å². The lowest BCUT2D eigenvalue weighted by atomic mass is 9.94. The van der Waals surface area contributed by atoms with Gasteiger partial charge in [-0.05, 0) is 69.8 Å². The van der Waals surface area contributed by atoms with Crippen LogP contribution in [-0.2, 0) is 4.74 Å². The molecule has 0 heterocycles. The summed E-state index contributed by atoms with van der Waals surface area (Å²) in [4.78, 5) is 14.0. The van der Waals surface area contributed by atoms with Crippen LogP contribution in [0.15, 0.2) is 24.3 Å². The molecule has 1 atom stereocenters. The molecule has 1 aliphatic rings. The molecule has 21 heavy (non-hydrogen) atoms. The highest BCUT2D eigenvalue weighted by Crippen LogP contribution is 2.50. The highest BCUT2D eigenvalue weighted by atomic mass is 16.5. The second kappa shape index (κ2) is 6.61.